The summed E-state index contributed by atoms with van der Waals surface area (Å²) in [5.74, 6) is 0.0250. The van der Waals surface area contributed by atoms with E-state index in [1.807, 2.05) is 24.3 Å². The van der Waals surface area contributed by atoms with Crippen LogP contribution in [0.1, 0.15) is 23.0 Å². The second-order valence-corrected chi connectivity index (χ2v) is 8.30. The number of anilines is 1. The Morgan fingerprint density at radius 1 is 1.26 bits per heavy atom. The van der Waals surface area contributed by atoms with Crippen molar-refractivity contribution in [2.45, 2.75) is 13.5 Å². The molecule has 2 N–H and O–H groups in total. The number of nitrogens with one attached hydrogen (secondary N) is 2. The van der Waals surface area contributed by atoms with Crippen LogP contribution in [-0.2, 0) is 13.6 Å². The number of likely N-dealkylation sites (tertiary alicyclic amines) is 1. The van der Waals surface area contributed by atoms with Crippen molar-refractivity contribution in [1.29, 1.82) is 0 Å². The van der Waals surface area contributed by atoms with Crippen LogP contribution >= 0.6 is 0 Å². The molecular weight excluding hydrogens is 395 g/mol. The summed E-state index contributed by atoms with van der Waals surface area (Å²) < 4.78 is 16.2. The third-order valence-corrected chi connectivity index (χ3v) is 5.64. The van der Waals surface area contributed by atoms with Crippen molar-refractivity contribution in [2.24, 2.45) is 13.0 Å². The first-order valence-corrected chi connectivity index (χ1v) is 10.3. The number of halogens is 1. The Morgan fingerprint density at radius 3 is 2.71 bits per heavy atom. The van der Waals surface area contributed by atoms with Gasteiger partial charge in [-0.3, -0.25) is 19.5 Å². The van der Waals surface area contributed by atoms with Gasteiger partial charge in [0.1, 0.15) is 5.82 Å². The molecule has 2 aromatic heterocycles. The van der Waals surface area contributed by atoms with Crippen molar-refractivity contribution in [3.05, 3.63) is 65.9 Å². The second kappa shape index (κ2) is 7.63. The number of carbonyl (C=O) groups is 1. The largest absolute Gasteiger partial charge is 0.321 e. The van der Waals surface area contributed by atoms with E-state index in [1.165, 1.54) is 11.6 Å². The van der Waals surface area contributed by atoms with Gasteiger partial charge in [-0.2, -0.15) is 10.2 Å². The fourth-order valence-electron chi connectivity index (χ4n) is 4.09. The van der Waals surface area contributed by atoms with Crippen LogP contribution < -0.4 is 5.32 Å². The van der Waals surface area contributed by atoms with E-state index in [2.05, 4.69) is 32.4 Å². The van der Waals surface area contributed by atoms with Crippen LogP contribution in [0.5, 0.6) is 0 Å². The number of aryl methyl sites for hydroxylation is 1. The van der Waals surface area contributed by atoms with Gasteiger partial charge in [-0.05, 0) is 29.7 Å². The van der Waals surface area contributed by atoms with Crippen molar-refractivity contribution >= 4 is 22.5 Å². The van der Waals surface area contributed by atoms with Crippen LogP contribution in [0.2, 0.25) is 0 Å². The van der Waals surface area contributed by atoms with Crippen LogP contribution in [0.25, 0.3) is 22.0 Å². The lowest BCUT2D eigenvalue weighted by molar-refractivity contribution is 0.102. The zero-order chi connectivity index (χ0) is 21.5. The number of hydrogen-bond acceptors (Lipinski definition) is 4. The smallest absolute Gasteiger partial charge is 0.276 e. The molecule has 3 heterocycles. The fourth-order valence-corrected chi connectivity index (χ4v) is 4.09. The molecule has 1 aliphatic rings. The Balaban J connectivity index is 1.36. The quantitative estimate of drug-likeness (QED) is 0.517. The molecule has 7 nitrogen and oxygen atoms in total. The third kappa shape index (κ3) is 3.82. The summed E-state index contributed by atoms with van der Waals surface area (Å²) in [6, 6.07) is 10.8. The topological polar surface area (TPSA) is 78.8 Å². The Labute approximate surface area is 178 Å². The number of amides is 1. The van der Waals surface area contributed by atoms with Gasteiger partial charge in [0.25, 0.3) is 5.91 Å². The number of aromatic nitrogens is 4. The number of aromatic amines is 1. The maximum atomic E-state index is 14.6. The van der Waals surface area contributed by atoms with Gasteiger partial charge in [-0.15, -0.1) is 0 Å². The maximum Gasteiger partial charge on any atom is 0.276 e. The van der Waals surface area contributed by atoms with Crippen LogP contribution in [0.3, 0.4) is 0 Å². The standard InChI is InChI=1S/C23H23FN6O/c1-14-10-30(11-14)12-15-3-5-17(6-4-15)26-23(31)22-19-7-18(16-9-25-29(2)13-16)20(24)8-21(19)27-28-22/h3-9,13-14H,10-12H2,1-2H3,(H,26,31)(H,27,28). The molecule has 0 atom stereocenters. The molecule has 2 aromatic carbocycles. The summed E-state index contributed by atoms with van der Waals surface area (Å²) in [7, 11) is 1.77. The predicted octanol–water partition coefficient (Wildman–Crippen LogP) is 3.81. The molecule has 5 rings (SSSR count). The van der Waals surface area contributed by atoms with Gasteiger partial charge in [-0.25, -0.2) is 4.39 Å². The Morgan fingerprint density at radius 2 is 2.03 bits per heavy atom. The number of benzene rings is 2. The van der Waals surface area contributed by atoms with Gasteiger partial charge in [0, 0.05) is 61.1 Å². The molecule has 158 valence electrons. The number of carbonyl (C=O) groups excluding carboxylic acids is 1. The highest BCUT2D eigenvalue weighted by atomic mass is 19.1. The van der Waals surface area contributed by atoms with Gasteiger partial charge in [0.2, 0.25) is 0 Å². The highest BCUT2D eigenvalue weighted by molar-refractivity contribution is 6.11. The third-order valence-electron chi connectivity index (χ3n) is 5.64. The van der Waals surface area contributed by atoms with Gasteiger partial charge >= 0.3 is 0 Å². The molecular formula is C23H23FN6O. The maximum absolute atomic E-state index is 14.6. The zero-order valence-corrected chi connectivity index (χ0v) is 17.4. The van der Waals surface area contributed by atoms with Crippen LogP contribution in [-0.4, -0.2) is 43.9 Å². The van der Waals surface area contributed by atoms with Crippen LogP contribution in [0, 0.1) is 11.7 Å². The van der Waals surface area contributed by atoms with E-state index in [-0.39, 0.29) is 11.6 Å². The Hall–Kier alpha value is -3.52. The molecule has 0 aliphatic carbocycles. The lowest BCUT2D eigenvalue weighted by Crippen LogP contribution is -2.44. The minimum Gasteiger partial charge on any atom is -0.321 e. The minimum absolute atomic E-state index is 0.221. The van der Waals surface area contributed by atoms with E-state index in [0.29, 0.717) is 27.7 Å². The Bertz CT molecular complexity index is 1250. The molecule has 1 saturated heterocycles. The van der Waals surface area contributed by atoms with Crippen molar-refractivity contribution in [1.82, 2.24) is 24.9 Å². The molecule has 1 aliphatic heterocycles. The average Bonchev–Trinajstić information content (AvgIpc) is 3.33. The van der Waals surface area contributed by atoms with E-state index >= 15 is 0 Å². The Kier molecular flexibility index (Phi) is 4.78. The molecule has 4 aromatic rings. The lowest BCUT2D eigenvalue weighted by Gasteiger charge is -2.37. The summed E-state index contributed by atoms with van der Waals surface area (Å²) in [5, 5.41) is 14.4. The summed E-state index contributed by atoms with van der Waals surface area (Å²) in [6.07, 6.45) is 3.32. The van der Waals surface area contributed by atoms with E-state index in [4.69, 9.17) is 0 Å². The summed E-state index contributed by atoms with van der Waals surface area (Å²) in [6.45, 7) is 5.44. The van der Waals surface area contributed by atoms with E-state index in [1.54, 1.807) is 30.2 Å². The highest BCUT2D eigenvalue weighted by Gasteiger charge is 2.22. The molecule has 0 unspecified atom stereocenters. The van der Waals surface area contributed by atoms with Crippen molar-refractivity contribution in [3.8, 4) is 11.1 Å². The molecule has 8 heteroatoms. The van der Waals surface area contributed by atoms with Gasteiger partial charge < -0.3 is 5.32 Å². The summed E-state index contributed by atoms with van der Waals surface area (Å²) >= 11 is 0. The molecule has 1 amide bonds. The fraction of sp³-hybridized carbons (Fsp3) is 0.261. The van der Waals surface area contributed by atoms with Crippen molar-refractivity contribution < 1.29 is 9.18 Å². The molecule has 31 heavy (non-hydrogen) atoms. The molecule has 1 fully saturated rings. The molecule has 0 saturated carbocycles. The van der Waals surface area contributed by atoms with E-state index in [9.17, 15) is 9.18 Å². The lowest BCUT2D eigenvalue weighted by atomic mass is 10.0. The minimum atomic E-state index is -0.400. The predicted molar refractivity (Wildman–Crippen MR) is 117 cm³/mol. The van der Waals surface area contributed by atoms with Gasteiger partial charge in [0.15, 0.2) is 5.69 Å². The molecule has 0 bridgehead atoms. The highest BCUT2D eigenvalue weighted by Crippen LogP contribution is 2.28. The second-order valence-electron chi connectivity index (χ2n) is 8.30. The molecule has 0 spiro atoms. The number of H-pyrrole nitrogens is 1. The van der Waals surface area contributed by atoms with E-state index in [0.717, 1.165) is 25.6 Å². The summed E-state index contributed by atoms with van der Waals surface area (Å²) in [5.41, 5.74) is 3.61. The number of fused-ring (bicyclic) bond motifs is 1. The first kappa shape index (κ1) is 19.4. The first-order chi connectivity index (χ1) is 15.0. The van der Waals surface area contributed by atoms with Crippen molar-refractivity contribution in [3.63, 3.8) is 0 Å². The monoisotopic (exact) mass is 418 g/mol. The number of nitrogens with zero attached hydrogens (tertiary/aromatic N) is 4. The SMILES string of the molecule is CC1CN(Cc2ccc(NC(=O)c3n[nH]c4cc(F)c(-c5cnn(C)c5)cc34)cc2)C1. The zero-order valence-electron chi connectivity index (χ0n) is 17.4. The van der Waals surface area contributed by atoms with E-state index < -0.39 is 5.82 Å². The molecule has 0 radical (unpaired) electrons. The van der Waals surface area contributed by atoms with Crippen LogP contribution in [0.15, 0.2) is 48.8 Å². The van der Waals surface area contributed by atoms with Crippen LogP contribution in [0.4, 0.5) is 10.1 Å². The average molecular weight is 418 g/mol. The van der Waals surface area contributed by atoms with Gasteiger partial charge in [0.05, 0.1) is 11.7 Å². The van der Waals surface area contributed by atoms with Gasteiger partial charge in [-0.1, -0.05) is 19.1 Å². The number of hydrogen-bond donors (Lipinski definition) is 2. The summed E-state index contributed by atoms with van der Waals surface area (Å²) in [4.78, 5) is 15.3. The first-order valence-electron chi connectivity index (χ1n) is 10.3. The number of rotatable bonds is 5. The van der Waals surface area contributed by atoms with Crippen molar-refractivity contribution in [2.75, 3.05) is 18.4 Å². The normalized spacial score (nSPS) is 14.7.